The van der Waals surface area contributed by atoms with E-state index < -0.39 is 0 Å². The molecule has 1 aliphatic heterocycles. The van der Waals surface area contributed by atoms with Crippen LogP contribution < -0.4 is 31.9 Å². The molecule has 7 nitrogen and oxygen atoms in total. The minimum Gasteiger partial charge on any atom is -0.395 e. The predicted molar refractivity (Wildman–Crippen MR) is 83.2 cm³/mol. The van der Waals surface area contributed by atoms with Crippen LogP contribution in [0, 0.1) is 0 Å². The first kappa shape index (κ1) is 17.8. The standard InChI is InChI=1S/C13H32N6O/c20-12-13-11-18-8-7-16-4-3-14-1-2-15-5-6-17-9-10-19-13/h13-20H,1-12H2. The summed E-state index contributed by atoms with van der Waals surface area (Å²) in [6, 6.07) is 0.135. The Kier molecular flexibility index (Phi) is 12.2. The Hall–Kier alpha value is -0.280. The van der Waals surface area contributed by atoms with Crippen molar-refractivity contribution in [3.8, 4) is 0 Å². The second kappa shape index (κ2) is 13.7. The predicted octanol–water partition coefficient (Wildman–Crippen LogP) is -3.10. The van der Waals surface area contributed by atoms with Gasteiger partial charge in [0.25, 0.3) is 0 Å². The van der Waals surface area contributed by atoms with Crippen molar-refractivity contribution in [2.45, 2.75) is 6.04 Å². The molecule has 0 amide bonds. The van der Waals surface area contributed by atoms with E-state index in [9.17, 15) is 5.11 Å². The summed E-state index contributed by atoms with van der Waals surface area (Å²) in [7, 11) is 0. The van der Waals surface area contributed by atoms with E-state index >= 15 is 0 Å². The van der Waals surface area contributed by atoms with Gasteiger partial charge in [-0.1, -0.05) is 0 Å². The molecule has 1 atom stereocenters. The number of aliphatic hydroxyl groups is 1. The molecule has 0 radical (unpaired) electrons. The van der Waals surface area contributed by atoms with E-state index in [0.717, 1.165) is 72.0 Å². The third kappa shape index (κ3) is 10.5. The van der Waals surface area contributed by atoms with Crippen LogP contribution in [0.15, 0.2) is 0 Å². The van der Waals surface area contributed by atoms with Crippen molar-refractivity contribution in [2.75, 3.05) is 78.6 Å². The van der Waals surface area contributed by atoms with Gasteiger partial charge in [-0.3, -0.25) is 0 Å². The van der Waals surface area contributed by atoms with E-state index in [4.69, 9.17) is 0 Å². The lowest BCUT2D eigenvalue weighted by atomic mass is 10.3. The van der Waals surface area contributed by atoms with Gasteiger partial charge in [0.1, 0.15) is 0 Å². The summed E-state index contributed by atoms with van der Waals surface area (Å²) in [5.41, 5.74) is 0. The summed E-state index contributed by atoms with van der Waals surface area (Å²) in [6.07, 6.45) is 0. The fourth-order valence-electron chi connectivity index (χ4n) is 2.05. The highest BCUT2D eigenvalue weighted by molar-refractivity contribution is 4.70. The van der Waals surface area contributed by atoms with E-state index in [-0.39, 0.29) is 12.6 Å². The SMILES string of the molecule is OCC1CNCCNCCNCCNCCNCCN1. The smallest absolute Gasteiger partial charge is 0.0597 e. The van der Waals surface area contributed by atoms with E-state index in [1.54, 1.807) is 0 Å². The van der Waals surface area contributed by atoms with Crippen LogP contribution in [0.1, 0.15) is 0 Å². The number of hydrogen-bond acceptors (Lipinski definition) is 7. The molecule has 0 saturated carbocycles. The largest absolute Gasteiger partial charge is 0.395 e. The molecule has 1 fully saturated rings. The fraction of sp³-hybridized carbons (Fsp3) is 1.00. The van der Waals surface area contributed by atoms with Gasteiger partial charge in [0.05, 0.1) is 6.61 Å². The molecule has 1 heterocycles. The van der Waals surface area contributed by atoms with Crippen molar-refractivity contribution in [3.63, 3.8) is 0 Å². The number of nitrogens with one attached hydrogen (secondary N) is 6. The molecular weight excluding hydrogens is 256 g/mol. The van der Waals surface area contributed by atoms with Crippen LogP contribution >= 0.6 is 0 Å². The van der Waals surface area contributed by atoms with Crippen molar-refractivity contribution < 1.29 is 5.11 Å². The molecule has 1 rings (SSSR count). The lowest BCUT2D eigenvalue weighted by Gasteiger charge is -2.17. The van der Waals surface area contributed by atoms with Gasteiger partial charge in [0.15, 0.2) is 0 Å². The molecule has 1 aliphatic rings. The molecular formula is C13H32N6O. The molecule has 1 saturated heterocycles. The highest BCUT2D eigenvalue weighted by Gasteiger charge is 2.04. The highest BCUT2D eigenvalue weighted by atomic mass is 16.3. The first-order chi connectivity index (χ1) is 9.93. The van der Waals surface area contributed by atoms with Crippen LogP contribution in [0.5, 0.6) is 0 Å². The van der Waals surface area contributed by atoms with E-state index in [0.29, 0.717) is 0 Å². The molecule has 7 heteroatoms. The molecule has 0 aliphatic carbocycles. The second-order valence-corrected chi connectivity index (χ2v) is 5.04. The maximum Gasteiger partial charge on any atom is 0.0597 e. The zero-order valence-electron chi connectivity index (χ0n) is 12.5. The van der Waals surface area contributed by atoms with Crippen molar-refractivity contribution in [3.05, 3.63) is 0 Å². The van der Waals surface area contributed by atoms with Gasteiger partial charge in [-0.05, 0) is 0 Å². The minimum absolute atomic E-state index is 0.135. The zero-order chi connectivity index (χ0) is 14.3. The maximum atomic E-state index is 9.29. The zero-order valence-corrected chi connectivity index (χ0v) is 12.5. The first-order valence-corrected chi connectivity index (χ1v) is 7.81. The fourth-order valence-corrected chi connectivity index (χ4v) is 2.05. The average Bonchev–Trinajstić information content (AvgIpc) is 2.47. The Balaban J connectivity index is 2.14. The van der Waals surface area contributed by atoms with Gasteiger partial charge in [0, 0.05) is 78.0 Å². The van der Waals surface area contributed by atoms with Crippen LogP contribution in [0.4, 0.5) is 0 Å². The summed E-state index contributed by atoms with van der Waals surface area (Å²) in [6.45, 7) is 10.7. The summed E-state index contributed by atoms with van der Waals surface area (Å²) in [5.74, 6) is 0. The Bertz CT molecular complexity index is 189. The molecule has 7 N–H and O–H groups in total. The molecule has 120 valence electrons. The normalized spacial score (nSPS) is 26.6. The van der Waals surface area contributed by atoms with Crippen LogP contribution in [0.25, 0.3) is 0 Å². The van der Waals surface area contributed by atoms with Crippen molar-refractivity contribution in [2.24, 2.45) is 0 Å². The molecule has 1 unspecified atom stereocenters. The van der Waals surface area contributed by atoms with Gasteiger partial charge in [-0.25, -0.2) is 0 Å². The minimum atomic E-state index is 0.135. The van der Waals surface area contributed by atoms with E-state index in [1.165, 1.54) is 0 Å². The number of aliphatic hydroxyl groups excluding tert-OH is 1. The molecule has 0 aromatic rings. The molecule has 20 heavy (non-hydrogen) atoms. The summed E-state index contributed by atoms with van der Waals surface area (Å²) in [4.78, 5) is 0. The summed E-state index contributed by atoms with van der Waals surface area (Å²) >= 11 is 0. The Morgan fingerprint density at radius 1 is 0.600 bits per heavy atom. The van der Waals surface area contributed by atoms with Gasteiger partial charge in [-0.15, -0.1) is 0 Å². The van der Waals surface area contributed by atoms with Gasteiger partial charge in [-0.2, -0.15) is 0 Å². The third-order valence-electron chi connectivity index (χ3n) is 3.26. The Morgan fingerprint density at radius 2 is 1.00 bits per heavy atom. The summed E-state index contributed by atoms with van der Waals surface area (Å²) < 4.78 is 0. The molecule has 0 spiro atoms. The second-order valence-electron chi connectivity index (χ2n) is 5.04. The van der Waals surface area contributed by atoms with Gasteiger partial charge >= 0.3 is 0 Å². The average molecular weight is 288 g/mol. The van der Waals surface area contributed by atoms with Crippen molar-refractivity contribution in [1.82, 2.24) is 31.9 Å². The lowest BCUT2D eigenvalue weighted by molar-refractivity contribution is 0.239. The third-order valence-corrected chi connectivity index (χ3v) is 3.26. The van der Waals surface area contributed by atoms with Crippen LogP contribution in [-0.2, 0) is 0 Å². The first-order valence-electron chi connectivity index (χ1n) is 7.81. The van der Waals surface area contributed by atoms with Crippen LogP contribution in [-0.4, -0.2) is 89.7 Å². The monoisotopic (exact) mass is 288 g/mol. The molecule has 0 bridgehead atoms. The van der Waals surface area contributed by atoms with E-state index in [1.807, 2.05) is 0 Å². The van der Waals surface area contributed by atoms with Crippen molar-refractivity contribution in [1.29, 1.82) is 0 Å². The topological polar surface area (TPSA) is 92.4 Å². The summed E-state index contributed by atoms with van der Waals surface area (Å²) in [5, 5.41) is 29.5. The van der Waals surface area contributed by atoms with Crippen LogP contribution in [0.3, 0.4) is 0 Å². The lowest BCUT2D eigenvalue weighted by Crippen LogP contribution is -2.45. The molecule has 0 aromatic carbocycles. The van der Waals surface area contributed by atoms with Gasteiger partial charge < -0.3 is 37.0 Å². The number of hydrogen-bond donors (Lipinski definition) is 7. The Morgan fingerprint density at radius 3 is 1.45 bits per heavy atom. The van der Waals surface area contributed by atoms with Gasteiger partial charge in [0.2, 0.25) is 0 Å². The van der Waals surface area contributed by atoms with Crippen molar-refractivity contribution >= 4 is 0 Å². The highest BCUT2D eigenvalue weighted by Crippen LogP contribution is 1.79. The quantitative estimate of drug-likeness (QED) is 0.275. The number of rotatable bonds is 1. The molecule has 0 aromatic heterocycles. The van der Waals surface area contributed by atoms with E-state index in [2.05, 4.69) is 31.9 Å². The maximum absolute atomic E-state index is 9.29. The Labute approximate surface area is 122 Å². The van der Waals surface area contributed by atoms with Crippen LogP contribution in [0.2, 0.25) is 0 Å².